The van der Waals surface area contributed by atoms with E-state index in [2.05, 4.69) is 31.0 Å². The first-order chi connectivity index (χ1) is 15.0. The van der Waals surface area contributed by atoms with Crippen molar-refractivity contribution in [2.24, 2.45) is 5.41 Å². The lowest BCUT2D eigenvalue weighted by Gasteiger charge is -2.23. The third-order valence-electron chi connectivity index (χ3n) is 4.56. The number of nitrogens with zero attached hydrogens (tertiary/aromatic N) is 4. The van der Waals surface area contributed by atoms with Crippen LogP contribution in [0.15, 0.2) is 30.6 Å². The number of pyridine rings is 1. The Bertz CT molecular complexity index is 1120. The SMILES string of the molecule is BC(B)(B)Oc1ncccc1Nc1cc(NC)n2ncc(C(=O)NCC(C)(C)CO)c2n1. The Balaban J connectivity index is 1.95. The number of fused-ring (bicyclic) bond motifs is 1. The zero-order valence-corrected chi connectivity index (χ0v) is 19.4. The number of aromatic nitrogens is 4. The molecule has 0 radical (unpaired) electrons. The lowest BCUT2D eigenvalue weighted by molar-refractivity contribution is 0.0912. The van der Waals surface area contributed by atoms with Crippen LogP contribution in [0, 0.1) is 5.41 Å². The van der Waals surface area contributed by atoms with Crippen molar-refractivity contribution in [3.63, 3.8) is 0 Å². The van der Waals surface area contributed by atoms with E-state index in [0.29, 0.717) is 41.0 Å². The van der Waals surface area contributed by atoms with Crippen LogP contribution in [0.3, 0.4) is 0 Å². The molecular formula is C19H28B3N7O3. The summed E-state index contributed by atoms with van der Waals surface area (Å²) >= 11 is 0. The van der Waals surface area contributed by atoms with Crippen molar-refractivity contribution in [1.82, 2.24) is 24.9 Å². The normalized spacial score (nSPS) is 11.9. The van der Waals surface area contributed by atoms with Crippen molar-refractivity contribution >= 4 is 52.4 Å². The minimum absolute atomic E-state index is 0.0393. The maximum absolute atomic E-state index is 12.8. The first kappa shape index (κ1) is 23.5. The van der Waals surface area contributed by atoms with Crippen molar-refractivity contribution < 1.29 is 14.6 Å². The van der Waals surface area contributed by atoms with Gasteiger partial charge in [-0.05, 0) is 12.1 Å². The predicted octanol–water partition coefficient (Wildman–Crippen LogP) is -1.45. The molecule has 0 bridgehead atoms. The van der Waals surface area contributed by atoms with E-state index in [9.17, 15) is 9.90 Å². The number of hydrogen-bond donors (Lipinski definition) is 4. The Labute approximate surface area is 189 Å². The molecule has 32 heavy (non-hydrogen) atoms. The third kappa shape index (κ3) is 5.53. The average molecular weight is 435 g/mol. The fourth-order valence-electron chi connectivity index (χ4n) is 2.83. The Morgan fingerprint density at radius 3 is 2.72 bits per heavy atom. The third-order valence-corrected chi connectivity index (χ3v) is 4.56. The summed E-state index contributed by atoms with van der Waals surface area (Å²) in [7, 11) is 7.61. The molecule has 0 aromatic carbocycles. The van der Waals surface area contributed by atoms with Crippen LogP contribution < -0.4 is 20.7 Å². The molecule has 3 heterocycles. The number of aliphatic hydroxyl groups excluding tert-OH is 1. The summed E-state index contributed by atoms with van der Waals surface area (Å²) in [5.41, 5.74) is 0.937. The molecule has 0 aliphatic carbocycles. The molecule has 0 aliphatic heterocycles. The fraction of sp³-hybridized carbons (Fsp3) is 0.368. The van der Waals surface area contributed by atoms with Crippen LogP contribution in [0.5, 0.6) is 5.88 Å². The van der Waals surface area contributed by atoms with Crippen molar-refractivity contribution in [2.75, 3.05) is 30.8 Å². The van der Waals surface area contributed by atoms with E-state index in [1.807, 2.05) is 43.5 Å². The van der Waals surface area contributed by atoms with Gasteiger partial charge in [0.2, 0.25) is 5.88 Å². The minimum atomic E-state index is -0.432. The maximum atomic E-state index is 12.8. The monoisotopic (exact) mass is 435 g/mol. The van der Waals surface area contributed by atoms with Crippen LogP contribution in [0.4, 0.5) is 17.3 Å². The van der Waals surface area contributed by atoms with E-state index in [1.165, 1.54) is 6.20 Å². The number of anilines is 3. The van der Waals surface area contributed by atoms with Gasteiger partial charge in [-0.2, -0.15) is 9.61 Å². The molecule has 0 fully saturated rings. The number of nitrogens with one attached hydrogen (secondary N) is 3. The lowest BCUT2D eigenvalue weighted by Crippen LogP contribution is -2.38. The van der Waals surface area contributed by atoms with Crippen molar-refractivity contribution in [3.8, 4) is 5.88 Å². The molecule has 0 atom stereocenters. The van der Waals surface area contributed by atoms with E-state index < -0.39 is 10.7 Å². The highest BCUT2D eigenvalue weighted by molar-refractivity contribution is 6.58. The Morgan fingerprint density at radius 1 is 1.31 bits per heavy atom. The number of rotatable bonds is 9. The molecule has 4 N–H and O–H groups in total. The summed E-state index contributed by atoms with van der Waals surface area (Å²) < 4.78 is 7.51. The van der Waals surface area contributed by atoms with Gasteiger partial charge in [0.1, 0.15) is 46.4 Å². The Hall–Kier alpha value is -3.21. The molecule has 3 aromatic heterocycles. The summed E-state index contributed by atoms with van der Waals surface area (Å²) in [6, 6.07) is 5.43. The highest BCUT2D eigenvalue weighted by atomic mass is 16.5. The summed E-state index contributed by atoms with van der Waals surface area (Å²) in [6.45, 7) is 4.02. The van der Waals surface area contributed by atoms with E-state index in [4.69, 9.17) is 4.74 Å². The summed E-state index contributed by atoms with van der Waals surface area (Å²) in [4.78, 5) is 21.7. The number of aliphatic hydroxyl groups is 1. The van der Waals surface area contributed by atoms with Gasteiger partial charge in [0, 0.05) is 43.2 Å². The molecular weight excluding hydrogens is 407 g/mol. The summed E-state index contributed by atoms with van der Waals surface area (Å²) in [6.07, 6.45) is 3.14. The van der Waals surface area contributed by atoms with Crippen LogP contribution in [-0.2, 0) is 0 Å². The van der Waals surface area contributed by atoms with Crippen molar-refractivity contribution in [3.05, 3.63) is 36.2 Å². The lowest BCUT2D eigenvalue weighted by atomic mass is 9.52. The van der Waals surface area contributed by atoms with Gasteiger partial charge in [-0.25, -0.2) is 9.97 Å². The molecule has 3 rings (SSSR count). The molecule has 0 unspecified atom stereocenters. The molecule has 3 aromatic rings. The number of carbonyl (C=O) groups is 1. The van der Waals surface area contributed by atoms with E-state index in [1.54, 1.807) is 29.9 Å². The minimum Gasteiger partial charge on any atom is -0.497 e. The van der Waals surface area contributed by atoms with Gasteiger partial charge in [-0.15, -0.1) is 0 Å². The van der Waals surface area contributed by atoms with Gasteiger partial charge in [0.15, 0.2) is 5.65 Å². The molecule has 10 nitrogen and oxygen atoms in total. The molecule has 166 valence electrons. The zero-order chi connectivity index (χ0) is 23.5. The Morgan fingerprint density at radius 2 is 2.06 bits per heavy atom. The van der Waals surface area contributed by atoms with Gasteiger partial charge >= 0.3 is 0 Å². The van der Waals surface area contributed by atoms with E-state index in [0.717, 1.165) is 0 Å². The van der Waals surface area contributed by atoms with Gasteiger partial charge < -0.3 is 25.8 Å². The van der Waals surface area contributed by atoms with Gasteiger partial charge in [-0.3, -0.25) is 4.79 Å². The van der Waals surface area contributed by atoms with Crippen LogP contribution in [0.1, 0.15) is 24.2 Å². The second-order valence-electron chi connectivity index (χ2n) is 9.27. The zero-order valence-electron chi connectivity index (χ0n) is 19.4. The van der Waals surface area contributed by atoms with Crippen LogP contribution >= 0.6 is 0 Å². The second-order valence-corrected chi connectivity index (χ2v) is 9.27. The number of ether oxygens (including phenoxy) is 1. The van der Waals surface area contributed by atoms with Crippen LogP contribution in [0.25, 0.3) is 5.65 Å². The topological polar surface area (TPSA) is 126 Å². The molecule has 0 aliphatic rings. The van der Waals surface area contributed by atoms with E-state index in [-0.39, 0.29) is 12.5 Å². The smallest absolute Gasteiger partial charge is 0.256 e. The quantitative estimate of drug-likeness (QED) is 0.301. The largest absolute Gasteiger partial charge is 0.497 e. The van der Waals surface area contributed by atoms with Crippen LogP contribution in [0.2, 0.25) is 0 Å². The van der Waals surface area contributed by atoms with Gasteiger partial charge in [0.25, 0.3) is 5.91 Å². The molecule has 1 amide bonds. The number of carbonyl (C=O) groups excluding carboxylic acids is 1. The average Bonchev–Trinajstić information content (AvgIpc) is 3.16. The standard InChI is InChI=1S/C19H28B3N7O3/c1-18(2,10-30)9-25-16(31)11-8-26-29-14(23-3)7-13(28-15(11)29)27-12-5-4-6-24-17(12)32-19(20,21)22/h4-8,23,30H,9-10,20-22H2,1-3H3,(H,25,31)(H,27,28). The first-order valence-corrected chi connectivity index (χ1v) is 10.4. The van der Waals surface area contributed by atoms with Crippen molar-refractivity contribution in [2.45, 2.75) is 19.1 Å². The Kier molecular flexibility index (Phi) is 6.68. The number of hydrogen-bond acceptors (Lipinski definition) is 8. The van der Waals surface area contributed by atoms with E-state index >= 15 is 0 Å². The molecule has 0 saturated carbocycles. The second kappa shape index (κ2) is 9.11. The highest BCUT2D eigenvalue weighted by Crippen LogP contribution is 2.28. The summed E-state index contributed by atoms with van der Waals surface area (Å²) in [5.74, 6) is 1.28. The van der Waals surface area contributed by atoms with Crippen LogP contribution in [-0.4, -0.2) is 79.6 Å². The van der Waals surface area contributed by atoms with Gasteiger partial charge in [-0.1, -0.05) is 13.8 Å². The molecule has 0 saturated heterocycles. The maximum Gasteiger partial charge on any atom is 0.256 e. The molecule has 13 heteroatoms. The highest BCUT2D eigenvalue weighted by Gasteiger charge is 2.22. The first-order valence-electron chi connectivity index (χ1n) is 10.4. The number of amides is 1. The predicted molar refractivity (Wildman–Crippen MR) is 132 cm³/mol. The summed E-state index contributed by atoms with van der Waals surface area (Å²) in [5, 5.41) is 22.5. The van der Waals surface area contributed by atoms with Crippen molar-refractivity contribution in [1.29, 1.82) is 0 Å². The van der Waals surface area contributed by atoms with Gasteiger partial charge in [0.05, 0.1) is 6.20 Å². The molecule has 0 spiro atoms. The fourth-order valence-corrected chi connectivity index (χ4v) is 2.83.